The molecule has 1 aromatic rings. The maximum Gasteiger partial charge on any atom is 0.412 e. The summed E-state index contributed by atoms with van der Waals surface area (Å²) in [5.74, 6) is 0.454. The van der Waals surface area contributed by atoms with Crippen molar-refractivity contribution in [1.29, 1.82) is 0 Å². The molecule has 2 rings (SSSR count). The molecule has 1 fully saturated rings. The van der Waals surface area contributed by atoms with Gasteiger partial charge in [-0.3, -0.25) is 4.90 Å². The van der Waals surface area contributed by atoms with E-state index in [4.69, 9.17) is 4.74 Å². The first kappa shape index (κ1) is 15.6. The van der Waals surface area contributed by atoms with Crippen LogP contribution >= 0.6 is 0 Å². The quantitative estimate of drug-likeness (QED) is 0.929. The van der Waals surface area contributed by atoms with Gasteiger partial charge in [-0.25, -0.2) is 4.79 Å². The molecule has 1 unspecified atom stereocenters. The summed E-state index contributed by atoms with van der Waals surface area (Å²) in [5, 5.41) is 2.59. The lowest BCUT2D eigenvalue weighted by molar-refractivity contribution is -0.143. The van der Waals surface area contributed by atoms with Crippen LogP contribution < -0.4 is 10.1 Å². The highest BCUT2D eigenvalue weighted by Gasteiger charge is 2.34. The Kier molecular flexibility index (Phi) is 5.06. The molecule has 4 nitrogen and oxygen atoms in total. The predicted octanol–water partition coefficient (Wildman–Crippen LogP) is 2.66. The number of nitrogens with zero attached hydrogens (tertiary/aromatic N) is 1. The van der Waals surface area contributed by atoms with E-state index in [2.05, 4.69) is 5.32 Å². The number of para-hydroxylation sites is 1. The average molecular weight is 302 g/mol. The van der Waals surface area contributed by atoms with Crippen LogP contribution in [0.15, 0.2) is 30.3 Å². The second-order valence-electron chi connectivity index (χ2n) is 5.09. The van der Waals surface area contributed by atoms with Crippen LogP contribution in [0.3, 0.4) is 0 Å². The van der Waals surface area contributed by atoms with E-state index in [0.717, 1.165) is 0 Å². The molecule has 21 heavy (non-hydrogen) atoms. The molecule has 7 heteroatoms. The molecule has 116 valence electrons. The van der Waals surface area contributed by atoms with Crippen molar-refractivity contribution in [3.63, 3.8) is 0 Å². The molecule has 1 heterocycles. The van der Waals surface area contributed by atoms with E-state index < -0.39 is 18.8 Å². The third kappa shape index (κ3) is 5.63. The Morgan fingerprint density at radius 2 is 2.05 bits per heavy atom. The van der Waals surface area contributed by atoms with Crippen molar-refractivity contribution < 1.29 is 22.7 Å². The lowest BCUT2D eigenvalue weighted by Crippen LogP contribution is -2.35. The summed E-state index contributed by atoms with van der Waals surface area (Å²) < 4.78 is 41.8. The molecule has 1 aliphatic rings. The van der Waals surface area contributed by atoms with Gasteiger partial charge in [0.2, 0.25) is 0 Å². The van der Waals surface area contributed by atoms with E-state index in [1.165, 1.54) is 4.90 Å². The van der Waals surface area contributed by atoms with Gasteiger partial charge in [0.1, 0.15) is 5.75 Å². The Morgan fingerprint density at radius 3 is 2.71 bits per heavy atom. The van der Waals surface area contributed by atoms with Crippen molar-refractivity contribution in [2.45, 2.75) is 12.6 Å². The normalized spacial score (nSPS) is 19.5. The van der Waals surface area contributed by atoms with Gasteiger partial charge in [-0.15, -0.1) is 0 Å². The Hall–Kier alpha value is -1.76. The van der Waals surface area contributed by atoms with Gasteiger partial charge in [-0.2, -0.15) is 13.2 Å². The monoisotopic (exact) mass is 302 g/mol. The molecule has 1 amide bonds. The second kappa shape index (κ2) is 6.80. The molecule has 0 aromatic heterocycles. The summed E-state index contributed by atoms with van der Waals surface area (Å²) in [5.41, 5.74) is 0. The zero-order chi connectivity index (χ0) is 15.3. The Morgan fingerprint density at radius 1 is 1.33 bits per heavy atom. The molecule has 0 bridgehead atoms. The van der Waals surface area contributed by atoms with E-state index in [1.54, 1.807) is 30.3 Å². The van der Waals surface area contributed by atoms with Crippen LogP contribution in [0.2, 0.25) is 0 Å². The highest BCUT2D eigenvalue weighted by atomic mass is 19.4. The number of nitrogens with one attached hydrogen (secondary N) is 1. The predicted molar refractivity (Wildman–Crippen MR) is 71.1 cm³/mol. The Labute approximate surface area is 120 Å². The van der Waals surface area contributed by atoms with E-state index in [0.29, 0.717) is 31.8 Å². The van der Waals surface area contributed by atoms with Crippen LogP contribution in [0.25, 0.3) is 0 Å². The minimum absolute atomic E-state index is 0.0238. The van der Waals surface area contributed by atoms with E-state index in [1.807, 2.05) is 0 Å². The highest BCUT2D eigenvalue weighted by Crippen LogP contribution is 2.22. The molecular formula is C14H17F3N2O2. The number of amides is 1. The number of carbonyl (C=O) groups excluding carboxylic acids is 1. The van der Waals surface area contributed by atoms with Crippen molar-refractivity contribution in [2.75, 3.05) is 26.2 Å². The first-order valence-electron chi connectivity index (χ1n) is 6.72. The van der Waals surface area contributed by atoms with Crippen LogP contribution in [0.4, 0.5) is 18.0 Å². The maximum atomic E-state index is 12.3. The van der Waals surface area contributed by atoms with Crippen molar-refractivity contribution in [1.82, 2.24) is 10.2 Å². The molecule has 0 aliphatic carbocycles. The Balaban J connectivity index is 1.68. The lowest BCUT2D eigenvalue weighted by Gasteiger charge is -2.17. The van der Waals surface area contributed by atoms with Crippen molar-refractivity contribution in [2.24, 2.45) is 5.92 Å². The van der Waals surface area contributed by atoms with Crippen molar-refractivity contribution in [3.8, 4) is 5.75 Å². The van der Waals surface area contributed by atoms with Gasteiger partial charge in [0.15, 0.2) is 0 Å². The average Bonchev–Trinajstić information content (AvgIpc) is 2.83. The lowest BCUT2D eigenvalue weighted by atomic mass is 10.1. The summed E-state index contributed by atoms with van der Waals surface area (Å²) >= 11 is 0. The molecule has 1 N–H and O–H groups in total. The van der Waals surface area contributed by atoms with Gasteiger partial charge in [0.05, 0.1) is 6.54 Å². The summed E-state index contributed by atoms with van der Waals surface area (Å²) in [6.07, 6.45) is -4.12. The van der Waals surface area contributed by atoms with Gasteiger partial charge in [0.25, 0.3) is 0 Å². The van der Waals surface area contributed by atoms with Crippen LogP contribution in [0.5, 0.6) is 5.75 Å². The summed E-state index contributed by atoms with van der Waals surface area (Å²) in [7, 11) is 0. The Bertz CT molecular complexity index is 465. The number of benzene rings is 1. The zero-order valence-electron chi connectivity index (χ0n) is 11.4. The summed E-state index contributed by atoms with van der Waals surface area (Å²) in [6.45, 7) is 0.169. The van der Waals surface area contributed by atoms with Crippen LogP contribution in [-0.4, -0.2) is 43.3 Å². The van der Waals surface area contributed by atoms with Gasteiger partial charge in [0, 0.05) is 13.1 Å². The van der Waals surface area contributed by atoms with Crippen LogP contribution in [-0.2, 0) is 0 Å². The van der Waals surface area contributed by atoms with Gasteiger partial charge in [-0.1, -0.05) is 18.2 Å². The number of ether oxygens (including phenoxy) is 1. The zero-order valence-corrected chi connectivity index (χ0v) is 11.4. The summed E-state index contributed by atoms with van der Waals surface area (Å²) in [4.78, 5) is 12.9. The number of hydrogen-bond acceptors (Lipinski definition) is 3. The number of halogens is 3. The van der Waals surface area contributed by atoms with Gasteiger partial charge in [-0.05, 0) is 31.0 Å². The van der Waals surface area contributed by atoms with Gasteiger partial charge < -0.3 is 10.1 Å². The molecule has 0 radical (unpaired) electrons. The standard InChI is InChI=1S/C14H17F3N2O2/c15-14(16,17)10-19-7-6-11(9-19)8-18-13(20)21-12-4-2-1-3-5-12/h1-5,11H,6-10H2,(H,18,20). The molecule has 1 aromatic carbocycles. The first-order chi connectivity index (χ1) is 9.92. The fourth-order valence-electron chi connectivity index (χ4n) is 2.34. The SMILES string of the molecule is O=C(NCC1CCN(CC(F)(F)F)C1)Oc1ccccc1. The van der Waals surface area contributed by atoms with Gasteiger partial charge >= 0.3 is 12.3 Å². The molecule has 0 saturated carbocycles. The third-order valence-corrected chi connectivity index (χ3v) is 3.26. The minimum atomic E-state index is -4.17. The number of carbonyl (C=O) groups is 1. The highest BCUT2D eigenvalue weighted by molar-refractivity contribution is 5.70. The molecule has 1 aliphatic heterocycles. The first-order valence-corrected chi connectivity index (χ1v) is 6.72. The fraction of sp³-hybridized carbons (Fsp3) is 0.500. The van der Waals surface area contributed by atoms with E-state index in [9.17, 15) is 18.0 Å². The van der Waals surface area contributed by atoms with Crippen molar-refractivity contribution in [3.05, 3.63) is 30.3 Å². The third-order valence-electron chi connectivity index (χ3n) is 3.26. The minimum Gasteiger partial charge on any atom is -0.410 e. The summed E-state index contributed by atoms with van der Waals surface area (Å²) in [6, 6.07) is 8.60. The van der Waals surface area contributed by atoms with E-state index >= 15 is 0 Å². The number of likely N-dealkylation sites (tertiary alicyclic amines) is 1. The number of alkyl halides is 3. The largest absolute Gasteiger partial charge is 0.412 e. The fourth-order valence-corrected chi connectivity index (χ4v) is 2.34. The van der Waals surface area contributed by atoms with E-state index in [-0.39, 0.29) is 5.92 Å². The topological polar surface area (TPSA) is 41.6 Å². The molecule has 0 spiro atoms. The maximum absolute atomic E-state index is 12.3. The van der Waals surface area contributed by atoms with Crippen LogP contribution in [0, 0.1) is 5.92 Å². The molecule has 1 atom stereocenters. The van der Waals surface area contributed by atoms with Crippen molar-refractivity contribution >= 4 is 6.09 Å². The molecular weight excluding hydrogens is 285 g/mol. The number of hydrogen-bond donors (Lipinski definition) is 1. The van der Waals surface area contributed by atoms with Crippen LogP contribution in [0.1, 0.15) is 6.42 Å². The smallest absolute Gasteiger partial charge is 0.410 e. The number of rotatable bonds is 4. The second-order valence-corrected chi connectivity index (χ2v) is 5.09. The molecule has 1 saturated heterocycles.